The lowest BCUT2D eigenvalue weighted by atomic mass is 10.0. The van der Waals surface area contributed by atoms with Gasteiger partial charge in [0.05, 0.1) is 0 Å². The number of aromatic amines is 1. The number of aliphatic hydroxyl groups is 2. The molecule has 3 rings (SSSR count). The number of rotatable bonds is 6. The van der Waals surface area contributed by atoms with Crippen LogP contribution in [-0.4, -0.2) is 61.7 Å². The van der Waals surface area contributed by atoms with Crippen molar-refractivity contribution in [2.45, 2.75) is 50.8 Å². The van der Waals surface area contributed by atoms with E-state index in [2.05, 4.69) is 9.97 Å². The number of fused-ring (bicyclic) bond motifs is 1. The summed E-state index contributed by atoms with van der Waals surface area (Å²) in [7, 11) is 0. The fourth-order valence-corrected chi connectivity index (χ4v) is 3.84. The predicted molar refractivity (Wildman–Crippen MR) is 118 cm³/mol. The van der Waals surface area contributed by atoms with Gasteiger partial charge in [-0.1, -0.05) is 31.6 Å². The van der Waals surface area contributed by atoms with Crippen LogP contribution in [0.5, 0.6) is 0 Å². The number of aromatic nitrogens is 3. The molecule has 2 aromatic rings. The van der Waals surface area contributed by atoms with E-state index in [1.807, 2.05) is 6.92 Å². The number of carbonyl (C=O) groups is 1. The van der Waals surface area contributed by atoms with Gasteiger partial charge in [0.15, 0.2) is 11.9 Å². The summed E-state index contributed by atoms with van der Waals surface area (Å²) in [5.74, 6) is -0.973. The summed E-state index contributed by atoms with van der Waals surface area (Å²) < 4.78 is 11.6. The number of H-pyrrole nitrogens is 1. The van der Waals surface area contributed by atoms with Gasteiger partial charge in [0, 0.05) is 0 Å². The van der Waals surface area contributed by atoms with E-state index in [4.69, 9.17) is 20.9 Å². The number of nitrogens with one attached hydrogen (secondary N) is 1. The lowest BCUT2D eigenvalue weighted by molar-refractivity contribution is -0.152. The molecule has 6 atom stereocenters. The number of thiazole rings is 1. The van der Waals surface area contributed by atoms with Crippen molar-refractivity contribution in [3.8, 4) is 0 Å². The quantitative estimate of drug-likeness (QED) is 0.309. The number of ether oxygens (including phenoxy) is 2. The Bertz CT molecular complexity index is 1030. The summed E-state index contributed by atoms with van der Waals surface area (Å²) in [5, 5.41) is 20.7. The van der Waals surface area contributed by atoms with Gasteiger partial charge in [-0.2, -0.15) is 4.98 Å². The van der Waals surface area contributed by atoms with Gasteiger partial charge in [-0.25, -0.2) is 0 Å². The van der Waals surface area contributed by atoms with E-state index in [1.165, 1.54) is 0 Å². The summed E-state index contributed by atoms with van der Waals surface area (Å²) in [5.41, 5.74) is 10.7. The zero-order valence-corrected chi connectivity index (χ0v) is 19.0. The Morgan fingerprint density at radius 3 is 2.61 bits per heavy atom. The predicted octanol–water partition coefficient (Wildman–Crippen LogP) is -0.892. The third kappa shape index (κ3) is 5.19. The minimum Gasteiger partial charge on any atom is -0.462 e. The van der Waals surface area contributed by atoms with Crippen molar-refractivity contribution in [3.63, 3.8) is 0 Å². The molecule has 0 spiro atoms. The topological polar surface area (TPSA) is 196 Å². The standard InChI is InChI=1S/C16H23N5O7S.2ClH/c1-3-5(2)7(17)14(25)27-4-6-8(22)9(23)13(28-6)21-11-10(29-16(21)26)12(24)20-15(18)19-11;;/h5-9,13,22-23H,3-4,17H2,1-2H3,(H3,18,19,20,24);2*1H/t5-,6+,7-,8+,9+,13+;;/m0../s1. The summed E-state index contributed by atoms with van der Waals surface area (Å²) in [4.78, 5) is 42.0. The van der Waals surface area contributed by atoms with Crippen LogP contribution < -0.4 is 21.9 Å². The Balaban J connectivity index is 0.00000240. The molecule has 12 nitrogen and oxygen atoms in total. The van der Waals surface area contributed by atoms with E-state index in [-0.39, 0.29) is 53.6 Å². The highest BCUT2D eigenvalue weighted by atomic mass is 35.5. The fourth-order valence-electron chi connectivity index (χ4n) is 3.00. The fraction of sp³-hybridized carbons (Fsp3) is 0.625. The number of anilines is 1. The Labute approximate surface area is 192 Å². The van der Waals surface area contributed by atoms with E-state index in [1.54, 1.807) is 6.92 Å². The second kappa shape index (κ2) is 10.7. The largest absolute Gasteiger partial charge is 0.462 e. The SMILES string of the molecule is CC[C@H](C)[C@H](N)C(=O)OC[C@H]1O[C@@H](n2c(=O)sc3c(=O)[nH]c(N)nc32)[C@H](O)[C@@H]1O.Cl.Cl. The van der Waals surface area contributed by atoms with Crippen LogP contribution in [0.3, 0.4) is 0 Å². The van der Waals surface area contributed by atoms with E-state index in [0.717, 1.165) is 4.57 Å². The van der Waals surface area contributed by atoms with Crippen LogP contribution in [0.1, 0.15) is 26.5 Å². The van der Waals surface area contributed by atoms with Crippen molar-refractivity contribution >= 4 is 58.4 Å². The number of nitrogen functional groups attached to an aromatic ring is 1. The average Bonchev–Trinajstić information content (AvgIpc) is 3.15. The van der Waals surface area contributed by atoms with Crippen molar-refractivity contribution in [2.24, 2.45) is 11.7 Å². The molecule has 1 aliphatic rings. The first-order chi connectivity index (χ1) is 13.6. The van der Waals surface area contributed by atoms with Crippen LogP contribution in [-0.2, 0) is 14.3 Å². The van der Waals surface area contributed by atoms with E-state index in [0.29, 0.717) is 17.8 Å². The Hall–Kier alpha value is -1.74. The number of esters is 1. The summed E-state index contributed by atoms with van der Waals surface area (Å²) in [6.45, 7) is 3.32. The lowest BCUT2D eigenvalue weighted by Crippen LogP contribution is -2.40. The third-order valence-electron chi connectivity index (χ3n) is 5.00. The number of nitrogens with zero attached hydrogens (tertiary/aromatic N) is 2. The van der Waals surface area contributed by atoms with Crippen LogP contribution in [0, 0.1) is 5.92 Å². The first kappa shape index (κ1) is 27.3. The molecule has 1 fully saturated rings. The van der Waals surface area contributed by atoms with Crippen molar-refractivity contribution in [3.05, 3.63) is 20.0 Å². The first-order valence-corrected chi connectivity index (χ1v) is 9.82. The molecule has 31 heavy (non-hydrogen) atoms. The summed E-state index contributed by atoms with van der Waals surface area (Å²) in [6, 6.07) is -0.832. The Morgan fingerprint density at radius 1 is 1.35 bits per heavy atom. The van der Waals surface area contributed by atoms with E-state index >= 15 is 0 Å². The maximum absolute atomic E-state index is 12.4. The highest BCUT2D eigenvalue weighted by Gasteiger charge is 2.46. The molecule has 0 saturated carbocycles. The number of hydrogen-bond donors (Lipinski definition) is 5. The monoisotopic (exact) mass is 501 g/mol. The van der Waals surface area contributed by atoms with Crippen LogP contribution in [0.2, 0.25) is 0 Å². The number of nitrogens with two attached hydrogens (primary N) is 2. The zero-order valence-electron chi connectivity index (χ0n) is 16.6. The molecule has 0 radical (unpaired) electrons. The van der Waals surface area contributed by atoms with Gasteiger partial charge >= 0.3 is 10.8 Å². The molecular formula is C16H25Cl2N5O7S. The van der Waals surface area contributed by atoms with Gasteiger partial charge in [-0.3, -0.25) is 23.9 Å². The molecule has 15 heteroatoms. The molecule has 0 bridgehead atoms. The molecule has 3 heterocycles. The normalized spacial score (nSPS) is 24.8. The molecule has 0 amide bonds. The van der Waals surface area contributed by atoms with Gasteiger partial charge in [0.25, 0.3) is 5.56 Å². The van der Waals surface area contributed by atoms with Crippen molar-refractivity contribution in [1.82, 2.24) is 14.5 Å². The van der Waals surface area contributed by atoms with Crippen molar-refractivity contribution < 1.29 is 24.5 Å². The van der Waals surface area contributed by atoms with Gasteiger partial charge in [0.2, 0.25) is 5.95 Å². The van der Waals surface area contributed by atoms with Crippen molar-refractivity contribution in [2.75, 3.05) is 12.3 Å². The maximum atomic E-state index is 12.4. The summed E-state index contributed by atoms with van der Waals surface area (Å²) in [6.07, 6.45) is -4.74. The second-order valence-corrected chi connectivity index (χ2v) is 7.89. The molecule has 1 saturated heterocycles. The smallest absolute Gasteiger partial charge is 0.323 e. The molecule has 1 aliphatic heterocycles. The van der Waals surface area contributed by atoms with Gasteiger partial charge < -0.3 is 31.2 Å². The first-order valence-electron chi connectivity index (χ1n) is 9.00. The van der Waals surface area contributed by atoms with E-state index < -0.39 is 47.0 Å². The number of halogens is 2. The van der Waals surface area contributed by atoms with Crippen LogP contribution >= 0.6 is 36.2 Å². The van der Waals surface area contributed by atoms with Gasteiger partial charge in [-0.05, 0) is 5.92 Å². The van der Waals surface area contributed by atoms with Crippen molar-refractivity contribution in [1.29, 1.82) is 0 Å². The van der Waals surface area contributed by atoms with Crippen LogP contribution in [0.15, 0.2) is 9.59 Å². The molecule has 7 N–H and O–H groups in total. The molecule has 176 valence electrons. The maximum Gasteiger partial charge on any atom is 0.323 e. The lowest BCUT2D eigenvalue weighted by Gasteiger charge is -2.19. The highest BCUT2D eigenvalue weighted by Crippen LogP contribution is 2.31. The highest BCUT2D eigenvalue weighted by molar-refractivity contribution is 7.16. The molecule has 0 aliphatic carbocycles. The average molecular weight is 502 g/mol. The molecule has 0 aromatic carbocycles. The Morgan fingerprint density at radius 2 is 2.00 bits per heavy atom. The molecule has 0 unspecified atom stereocenters. The molecule has 2 aromatic heterocycles. The number of carbonyl (C=O) groups excluding carboxylic acids is 1. The van der Waals surface area contributed by atoms with Gasteiger partial charge in [-0.15, -0.1) is 24.8 Å². The third-order valence-corrected chi connectivity index (χ3v) is 5.95. The number of hydrogen-bond acceptors (Lipinski definition) is 11. The Kier molecular flexibility index (Phi) is 9.44. The zero-order chi connectivity index (χ0) is 21.5. The summed E-state index contributed by atoms with van der Waals surface area (Å²) >= 11 is 0.604. The van der Waals surface area contributed by atoms with E-state index in [9.17, 15) is 24.6 Å². The number of aliphatic hydroxyl groups excluding tert-OH is 2. The minimum absolute atomic E-state index is 0. The van der Waals surface area contributed by atoms with Crippen LogP contribution in [0.25, 0.3) is 10.3 Å². The molecular weight excluding hydrogens is 477 g/mol. The van der Waals surface area contributed by atoms with Gasteiger partial charge in [0.1, 0.15) is 35.7 Å². The second-order valence-electron chi connectivity index (χ2n) is 6.93. The minimum atomic E-state index is -1.53. The van der Waals surface area contributed by atoms with Crippen LogP contribution in [0.4, 0.5) is 5.95 Å².